The third-order valence-corrected chi connectivity index (χ3v) is 3.94. The molecule has 1 amide bonds. The van der Waals surface area contributed by atoms with Crippen molar-refractivity contribution in [1.29, 1.82) is 0 Å². The summed E-state index contributed by atoms with van der Waals surface area (Å²) < 4.78 is 19.1. The van der Waals surface area contributed by atoms with Gasteiger partial charge in [0.1, 0.15) is 5.82 Å². The summed E-state index contributed by atoms with van der Waals surface area (Å²) in [5, 5.41) is 0. The first-order chi connectivity index (χ1) is 11.4. The maximum absolute atomic E-state index is 13.7. The first kappa shape index (κ1) is 18.1. The lowest BCUT2D eigenvalue weighted by molar-refractivity contribution is -0.133. The van der Waals surface area contributed by atoms with Crippen molar-refractivity contribution in [1.82, 2.24) is 4.90 Å². The van der Waals surface area contributed by atoms with Crippen molar-refractivity contribution in [3.63, 3.8) is 0 Å². The molecule has 0 N–H and O–H groups in total. The van der Waals surface area contributed by atoms with Gasteiger partial charge in [0.25, 0.3) is 5.91 Å². The Balaban J connectivity index is 1.89. The Bertz CT molecular complexity index is 746. The van der Waals surface area contributed by atoms with Gasteiger partial charge in [0.15, 0.2) is 6.61 Å². The second-order valence-corrected chi connectivity index (χ2v) is 6.35. The average molecular weight is 394 g/mol. The van der Waals surface area contributed by atoms with Gasteiger partial charge in [-0.1, -0.05) is 45.8 Å². The highest BCUT2D eigenvalue weighted by Crippen LogP contribution is 2.16. The summed E-state index contributed by atoms with van der Waals surface area (Å²) >= 11 is 3.11. The van der Waals surface area contributed by atoms with Crippen molar-refractivity contribution in [2.45, 2.75) is 13.5 Å². The number of hydrogen-bond acceptors (Lipinski definition) is 3. The lowest BCUT2D eigenvalue weighted by Crippen LogP contribution is -2.30. The summed E-state index contributed by atoms with van der Waals surface area (Å²) in [4.78, 5) is 25.3. The second kappa shape index (κ2) is 8.06. The summed E-state index contributed by atoms with van der Waals surface area (Å²) in [5.41, 5.74) is 1.91. The SMILES string of the molecule is Cc1ccc(CN(C)C(=O)COC(=O)c2ccc(Br)cc2F)cc1. The van der Waals surface area contributed by atoms with Gasteiger partial charge in [0.05, 0.1) is 5.56 Å². The van der Waals surface area contributed by atoms with Gasteiger partial charge in [-0.25, -0.2) is 9.18 Å². The molecule has 2 rings (SSSR count). The van der Waals surface area contributed by atoms with E-state index in [-0.39, 0.29) is 11.5 Å². The molecule has 0 radical (unpaired) electrons. The van der Waals surface area contributed by atoms with E-state index in [9.17, 15) is 14.0 Å². The molecule has 0 spiro atoms. The minimum atomic E-state index is -0.864. The van der Waals surface area contributed by atoms with Crippen molar-refractivity contribution in [2.24, 2.45) is 0 Å². The molecule has 24 heavy (non-hydrogen) atoms. The molecule has 0 fully saturated rings. The largest absolute Gasteiger partial charge is 0.452 e. The molecule has 2 aromatic carbocycles. The summed E-state index contributed by atoms with van der Waals surface area (Å²) in [6.45, 7) is 1.96. The molecule has 0 aliphatic rings. The fourth-order valence-electron chi connectivity index (χ4n) is 2.03. The Labute approximate surface area is 148 Å². The van der Waals surface area contributed by atoms with Crippen LogP contribution in [0.3, 0.4) is 0 Å². The minimum absolute atomic E-state index is 0.202. The number of halogens is 2. The average Bonchev–Trinajstić information content (AvgIpc) is 2.54. The third-order valence-electron chi connectivity index (χ3n) is 3.44. The molecule has 0 aliphatic carbocycles. The van der Waals surface area contributed by atoms with Crippen LogP contribution in [0, 0.1) is 12.7 Å². The minimum Gasteiger partial charge on any atom is -0.452 e. The van der Waals surface area contributed by atoms with Gasteiger partial charge in [0.2, 0.25) is 0 Å². The van der Waals surface area contributed by atoms with Crippen LogP contribution in [0.2, 0.25) is 0 Å². The van der Waals surface area contributed by atoms with Crippen LogP contribution in [-0.2, 0) is 16.1 Å². The van der Waals surface area contributed by atoms with Crippen molar-refractivity contribution in [2.75, 3.05) is 13.7 Å². The van der Waals surface area contributed by atoms with Crippen LogP contribution in [0.15, 0.2) is 46.9 Å². The Morgan fingerprint density at radius 3 is 2.46 bits per heavy atom. The summed E-state index contributed by atoms with van der Waals surface area (Å²) in [5.74, 6) is -1.92. The number of ether oxygens (including phenoxy) is 1. The van der Waals surface area contributed by atoms with Crippen LogP contribution < -0.4 is 0 Å². The molecular formula is C18H17BrFNO3. The Morgan fingerprint density at radius 2 is 1.83 bits per heavy atom. The lowest BCUT2D eigenvalue weighted by atomic mass is 10.1. The van der Waals surface area contributed by atoms with Crippen LogP contribution in [0.1, 0.15) is 21.5 Å². The zero-order valence-electron chi connectivity index (χ0n) is 13.4. The van der Waals surface area contributed by atoms with Crippen molar-refractivity contribution < 1.29 is 18.7 Å². The molecule has 2 aromatic rings. The van der Waals surface area contributed by atoms with Crippen LogP contribution in [0.25, 0.3) is 0 Å². The van der Waals surface area contributed by atoms with Crippen molar-refractivity contribution in [3.05, 3.63) is 69.4 Å². The number of benzene rings is 2. The van der Waals surface area contributed by atoms with E-state index in [0.717, 1.165) is 11.1 Å². The first-order valence-electron chi connectivity index (χ1n) is 7.28. The zero-order chi connectivity index (χ0) is 17.7. The molecule has 4 nitrogen and oxygen atoms in total. The molecule has 6 heteroatoms. The molecule has 126 valence electrons. The van der Waals surface area contributed by atoms with Gasteiger partial charge in [-0.3, -0.25) is 4.79 Å². The second-order valence-electron chi connectivity index (χ2n) is 5.44. The van der Waals surface area contributed by atoms with E-state index in [2.05, 4.69) is 15.9 Å². The monoisotopic (exact) mass is 393 g/mol. The summed E-state index contributed by atoms with van der Waals surface area (Å²) in [7, 11) is 1.62. The van der Waals surface area contributed by atoms with Crippen LogP contribution >= 0.6 is 15.9 Å². The molecule has 0 saturated carbocycles. The van der Waals surface area contributed by atoms with Gasteiger partial charge in [-0.15, -0.1) is 0 Å². The Morgan fingerprint density at radius 1 is 1.17 bits per heavy atom. The molecule has 0 bridgehead atoms. The van der Waals surface area contributed by atoms with E-state index >= 15 is 0 Å². The highest BCUT2D eigenvalue weighted by atomic mass is 79.9. The van der Waals surface area contributed by atoms with E-state index in [0.29, 0.717) is 11.0 Å². The standard InChI is InChI=1S/C18H17BrFNO3/c1-12-3-5-13(6-4-12)10-21(2)17(22)11-24-18(23)15-8-7-14(19)9-16(15)20/h3-9H,10-11H2,1-2H3. The van der Waals surface area contributed by atoms with Gasteiger partial charge in [-0.05, 0) is 30.7 Å². The molecule has 0 saturated heterocycles. The van der Waals surface area contributed by atoms with Crippen LogP contribution in [0.5, 0.6) is 0 Å². The highest BCUT2D eigenvalue weighted by molar-refractivity contribution is 9.10. The quantitative estimate of drug-likeness (QED) is 0.727. The zero-order valence-corrected chi connectivity index (χ0v) is 15.0. The van der Waals surface area contributed by atoms with E-state index in [1.165, 1.54) is 23.1 Å². The topological polar surface area (TPSA) is 46.6 Å². The Kier molecular flexibility index (Phi) is 6.09. The molecule has 0 atom stereocenters. The number of rotatable bonds is 5. The Hall–Kier alpha value is -2.21. The number of aryl methyl sites for hydroxylation is 1. The van der Waals surface area contributed by atoms with E-state index in [1.807, 2.05) is 31.2 Å². The third kappa shape index (κ3) is 4.89. The number of carbonyl (C=O) groups is 2. The number of hydrogen-bond donors (Lipinski definition) is 0. The van der Waals surface area contributed by atoms with Crippen LogP contribution in [0.4, 0.5) is 4.39 Å². The number of esters is 1. The summed E-state index contributed by atoms with van der Waals surface area (Å²) in [6, 6.07) is 11.8. The molecule has 0 heterocycles. The fraction of sp³-hybridized carbons (Fsp3) is 0.222. The van der Waals surface area contributed by atoms with Crippen LogP contribution in [-0.4, -0.2) is 30.4 Å². The predicted octanol–water partition coefficient (Wildman–Crippen LogP) is 3.71. The molecule has 0 unspecified atom stereocenters. The van der Waals surface area contributed by atoms with Gasteiger partial charge >= 0.3 is 5.97 Å². The maximum atomic E-state index is 13.7. The predicted molar refractivity (Wildman–Crippen MR) is 92.0 cm³/mol. The highest BCUT2D eigenvalue weighted by Gasteiger charge is 2.17. The normalized spacial score (nSPS) is 10.3. The van der Waals surface area contributed by atoms with E-state index < -0.39 is 18.4 Å². The molecule has 0 aliphatic heterocycles. The van der Waals surface area contributed by atoms with Gasteiger partial charge in [0, 0.05) is 18.1 Å². The van der Waals surface area contributed by atoms with Gasteiger partial charge < -0.3 is 9.64 Å². The fourth-order valence-corrected chi connectivity index (χ4v) is 2.36. The molecule has 0 aromatic heterocycles. The van der Waals surface area contributed by atoms with Gasteiger partial charge in [-0.2, -0.15) is 0 Å². The first-order valence-corrected chi connectivity index (χ1v) is 8.08. The smallest absolute Gasteiger partial charge is 0.341 e. The number of likely N-dealkylation sites (N-methyl/N-ethyl adjacent to an activating group) is 1. The maximum Gasteiger partial charge on any atom is 0.341 e. The number of carbonyl (C=O) groups excluding carboxylic acids is 2. The summed E-state index contributed by atoms with van der Waals surface area (Å²) in [6.07, 6.45) is 0. The number of nitrogens with zero attached hydrogens (tertiary/aromatic N) is 1. The van der Waals surface area contributed by atoms with Crippen molar-refractivity contribution >= 4 is 27.8 Å². The van der Waals surface area contributed by atoms with Crippen molar-refractivity contribution in [3.8, 4) is 0 Å². The lowest BCUT2D eigenvalue weighted by Gasteiger charge is -2.17. The molecular weight excluding hydrogens is 377 g/mol. The van der Waals surface area contributed by atoms with E-state index in [4.69, 9.17) is 4.74 Å². The van der Waals surface area contributed by atoms with E-state index in [1.54, 1.807) is 7.05 Å². The number of amides is 1.